The van der Waals surface area contributed by atoms with Crippen LogP contribution in [-0.4, -0.2) is 52.1 Å². The molecule has 0 aliphatic carbocycles. The summed E-state index contributed by atoms with van der Waals surface area (Å²) in [6.07, 6.45) is -8.89. The smallest absolute Gasteiger partial charge is 0.396 e. The quantitative estimate of drug-likeness (QED) is 0.408. The number of halogens is 7. The lowest BCUT2D eigenvalue weighted by atomic mass is 9.92. The predicted octanol–water partition coefficient (Wildman–Crippen LogP) is 6.65. The van der Waals surface area contributed by atoms with Gasteiger partial charge >= 0.3 is 18.4 Å². The molecule has 1 aliphatic rings. The van der Waals surface area contributed by atoms with E-state index in [1.807, 2.05) is 0 Å². The van der Waals surface area contributed by atoms with Crippen molar-refractivity contribution in [2.24, 2.45) is 0 Å². The Morgan fingerprint density at radius 1 is 1.08 bits per heavy atom. The fourth-order valence-electron chi connectivity index (χ4n) is 4.51. The third-order valence-corrected chi connectivity index (χ3v) is 7.55. The van der Waals surface area contributed by atoms with Gasteiger partial charge in [0.15, 0.2) is 0 Å². The van der Waals surface area contributed by atoms with E-state index in [0.29, 0.717) is 41.9 Å². The van der Waals surface area contributed by atoms with Gasteiger partial charge in [0, 0.05) is 31.1 Å². The van der Waals surface area contributed by atoms with Crippen LogP contribution in [0.15, 0.2) is 36.4 Å². The maximum absolute atomic E-state index is 13.7. The molecule has 2 aromatic rings. The first-order valence-electron chi connectivity index (χ1n) is 11.5. The number of nitrogens with zero attached hydrogens (tertiary/aromatic N) is 2. The van der Waals surface area contributed by atoms with Gasteiger partial charge in [-0.1, -0.05) is 6.07 Å². The van der Waals surface area contributed by atoms with E-state index in [1.54, 1.807) is 24.8 Å². The average Bonchev–Trinajstić information content (AvgIpc) is 2.81. The van der Waals surface area contributed by atoms with Crippen molar-refractivity contribution < 1.29 is 40.6 Å². The highest BCUT2D eigenvalue weighted by atomic mass is 32.2. The van der Waals surface area contributed by atoms with Crippen molar-refractivity contribution in [2.45, 2.75) is 50.0 Å². The normalized spacial score (nSPS) is 18.7. The first-order chi connectivity index (χ1) is 17.2. The second-order valence-electron chi connectivity index (χ2n) is 9.00. The summed E-state index contributed by atoms with van der Waals surface area (Å²) in [4.78, 5) is 16.0. The number of benzene rings is 2. The van der Waals surface area contributed by atoms with Gasteiger partial charge in [-0.2, -0.15) is 38.1 Å². The van der Waals surface area contributed by atoms with Gasteiger partial charge in [0.25, 0.3) is 0 Å². The van der Waals surface area contributed by atoms with E-state index < -0.39 is 47.9 Å². The number of aryl methyl sites for hydroxylation is 1. The zero-order valence-corrected chi connectivity index (χ0v) is 21.0. The summed E-state index contributed by atoms with van der Waals surface area (Å²) in [6, 6.07) is 4.42. The Morgan fingerprint density at radius 2 is 1.70 bits per heavy atom. The molecule has 2 atom stereocenters. The van der Waals surface area contributed by atoms with E-state index in [9.17, 15) is 40.6 Å². The van der Waals surface area contributed by atoms with Gasteiger partial charge in [-0.25, -0.2) is 9.18 Å². The molecule has 0 saturated carbocycles. The Bertz CT molecular complexity index is 1080. The number of hydrogen-bond donors (Lipinski definition) is 1. The summed E-state index contributed by atoms with van der Waals surface area (Å²) in [7, 11) is 1.32. The fourth-order valence-corrected chi connectivity index (χ4v) is 5.54. The summed E-state index contributed by atoms with van der Waals surface area (Å²) >= 11 is 1.55. The first-order valence-corrected chi connectivity index (χ1v) is 12.5. The van der Waals surface area contributed by atoms with Gasteiger partial charge in [0.2, 0.25) is 0 Å². The molecule has 37 heavy (non-hydrogen) atoms. The molecule has 0 bridgehead atoms. The summed E-state index contributed by atoms with van der Waals surface area (Å²) in [5.41, 5.74) is -1.87. The number of thioether (sulfide) groups is 1. The molecule has 1 N–H and O–H groups in total. The third kappa shape index (κ3) is 7.31. The molecule has 1 fully saturated rings. The van der Waals surface area contributed by atoms with E-state index in [1.165, 1.54) is 24.1 Å². The van der Waals surface area contributed by atoms with Crippen molar-refractivity contribution in [3.05, 3.63) is 70.0 Å². The molecule has 1 aliphatic heterocycles. The van der Waals surface area contributed by atoms with Crippen LogP contribution in [0.25, 0.3) is 0 Å². The van der Waals surface area contributed by atoms with Gasteiger partial charge in [-0.3, -0.25) is 0 Å². The third-order valence-electron chi connectivity index (χ3n) is 6.23. The lowest BCUT2D eigenvalue weighted by Gasteiger charge is -2.42. The SMILES string of the molecule is Cc1cc(F)ccc1[C@H]1C[C@@H](SCCO)CCN1C(=O)N(C)Cc1cc(C(F)(F)F)cc(C(F)(F)F)c1. The number of carbonyl (C=O) groups excluding carboxylic acids is 1. The Kier molecular flexibility index (Phi) is 9.05. The number of piperidine rings is 1. The van der Waals surface area contributed by atoms with Crippen LogP contribution >= 0.6 is 11.8 Å². The van der Waals surface area contributed by atoms with Gasteiger partial charge in [-0.05, 0) is 66.8 Å². The topological polar surface area (TPSA) is 43.8 Å². The Morgan fingerprint density at radius 3 is 2.24 bits per heavy atom. The molecular weight excluding hydrogens is 525 g/mol. The van der Waals surface area contributed by atoms with Crippen molar-refractivity contribution in [3.8, 4) is 0 Å². The maximum Gasteiger partial charge on any atom is 0.416 e. The van der Waals surface area contributed by atoms with Crippen LogP contribution in [0.2, 0.25) is 0 Å². The number of aliphatic hydroxyl groups excluding tert-OH is 1. The number of likely N-dealkylation sites (tertiary alicyclic amines) is 1. The second-order valence-corrected chi connectivity index (χ2v) is 10.4. The highest BCUT2D eigenvalue weighted by Crippen LogP contribution is 2.39. The zero-order valence-electron chi connectivity index (χ0n) is 20.2. The molecule has 12 heteroatoms. The van der Waals surface area contributed by atoms with Crippen molar-refractivity contribution >= 4 is 17.8 Å². The summed E-state index contributed by atoms with van der Waals surface area (Å²) < 4.78 is 93.3. The van der Waals surface area contributed by atoms with Crippen LogP contribution in [0.5, 0.6) is 0 Å². The molecule has 1 heterocycles. The largest absolute Gasteiger partial charge is 0.416 e. The molecule has 204 valence electrons. The van der Waals surface area contributed by atoms with E-state index in [2.05, 4.69) is 0 Å². The molecule has 3 rings (SSSR count). The van der Waals surface area contributed by atoms with Crippen molar-refractivity contribution in [2.75, 3.05) is 26.0 Å². The molecule has 0 spiro atoms. The van der Waals surface area contributed by atoms with E-state index in [0.717, 1.165) is 4.90 Å². The maximum atomic E-state index is 13.7. The molecule has 0 unspecified atom stereocenters. The zero-order chi connectivity index (χ0) is 27.5. The van der Waals surface area contributed by atoms with Gasteiger partial charge < -0.3 is 14.9 Å². The standard InChI is InChI=1S/C25H27F7N2O2S/c1-15-9-19(26)3-4-21(15)22-13-20(37-8-7-35)5-6-34(22)23(36)33(2)14-16-10-17(24(27,28)29)12-18(11-16)25(30,31)32/h3-4,9-12,20,22,35H,5-8,13-14H2,1-2H3/t20-,22+/m0/s1. The van der Waals surface area contributed by atoms with E-state index in [4.69, 9.17) is 0 Å². The lowest BCUT2D eigenvalue weighted by Crippen LogP contribution is -2.47. The van der Waals surface area contributed by atoms with Crippen molar-refractivity contribution in [3.63, 3.8) is 0 Å². The highest BCUT2D eigenvalue weighted by molar-refractivity contribution is 7.99. The Balaban J connectivity index is 1.89. The number of carbonyl (C=O) groups is 1. The van der Waals surface area contributed by atoms with E-state index in [-0.39, 0.29) is 30.0 Å². The predicted molar refractivity (Wildman–Crippen MR) is 126 cm³/mol. The number of rotatable bonds is 6. The van der Waals surface area contributed by atoms with Gasteiger partial charge in [0.05, 0.1) is 23.8 Å². The minimum Gasteiger partial charge on any atom is -0.396 e. The van der Waals surface area contributed by atoms with Crippen molar-refractivity contribution in [1.82, 2.24) is 9.80 Å². The van der Waals surface area contributed by atoms with Crippen LogP contribution in [0.4, 0.5) is 35.5 Å². The summed E-state index contributed by atoms with van der Waals surface area (Å²) in [5.74, 6) is 0.0633. The fraction of sp³-hybridized carbons (Fsp3) is 0.480. The minimum absolute atomic E-state index is 0.0102. The van der Waals surface area contributed by atoms with Gasteiger partial charge in [0.1, 0.15) is 5.82 Å². The monoisotopic (exact) mass is 552 g/mol. The van der Waals surface area contributed by atoms with Crippen LogP contribution in [0.1, 0.15) is 46.7 Å². The first kappa shape index (κ1) is 29.1. The molecular formula is C25H27F7N2O2S. The molecule has 2 aromatic carbocycles. The van der Waals surface area contributed by atoms with Gasteiger partial charge in [-0.15, -0.1) is 0 Å². The highest BCUT2D eigenvalue weighted by Gasteiger charge is 2.38. The van der Waals surface area contributed by atoms with Crippen molar-refractivity contribution in [1.29, 1.82) is 0 Å². The number of alkyl halides is 6. The van der Waals surface area contributed by atoms with Crippen LogP contribution < -0.4 is 0 Å². The number of aliphatic hydroxyl groups is 1. The summed E-state index contributed by atoms with van der Waals surface area (Å²) in [5, 5.41) is 9.28. The number of amides is 2. The number of hydrogen-bond acceptors (Lipinski definition) is 3. The Labute approximate surface area is 214 Å². The van der Waals surface area contributed by atoms with E-state index >= 15 is 0 Å². The minimum atomic E-state index is -4.99. The molecule has 2 amide bonds. The molecule has 1 saturated heterocycles. The second kappa shape index (κ2) is 11.5. The number of urea groups is 1. The molecule has 0 aromatic heterocycles. The Hall–Kier alpha value is -2.47. The van der Waals surface area contributed by atoms with Crippen LogP contribution in [0, 0.1) is 12.7 Å². The lowest BCUT2D eigenvalue weighted by molar-refractivity contribution is -0.143. The average molecular weight is 553 g/mol. The summed E-state index contributed by atoms with van der Waals surface area (Å²) in [6.45, 7) is 1.50. The molecule has 0 radical (unpaired) electrons. The van der Waals surface area contributed by atoms with Crippen LogP contribution in [0.3, 0.4) is 0 Å². The molecule has 4 nitrogen and oxygen atoms in total. The van der Waals surface area contributed by atoms with Crippen LogP contribution in [-0.2, 0) is 18.9 Å².